The van der Waals surface area contributed by atoms with Crippen LogP contribution in [0.25, 0.3) is 0 Å². The minimum atomic E-state index is -0.448. The van der Waals surface area contributed by atoms with Crippen molar-refractivity contribution in [3.63, 3.8) is 0 Å². The highest BCUT2D eigenvalue weighted by molar-refractivity contribution is 8.00. The summed E-state index contributed by atoms with van der Waals surface area (Å²) in [5, 5.41) is 13.5. The highest BCUT2D eigenvalue weighted by Gasteiger charge is 2.26. The quantitative estimate of drug-likeness (QED) is 0.401. The largest absolute Gasteiger partial charge is 0.354 e. The fourth-order valence-corrected chi connectivity index (χ4v) is 3.67. The number of nitrogens with one attached hydrogen (secondary N) is 1. The van der Waals surface area contributed by atoms with Gasteiger partial charge in [0, 0.05) is 49.1 Å². The first-order chi connectivity index (χ1) is 12.5. The van der Waals surface area contributed by atoms with E-state index in [0.717, 1.165) is 24.2 Å². The number of nitrogens with zero attached hydrogens (tertiary/aromatic N) is 2. The van der Waals surface area contributed by atoms with E-state index in [0.29, 0.717) is 19.6 Å². The van der Waals surface area contributed by atoms with Crippen molar-refractivity contribution in [3.05, 3.63) is 34.4 Å². The van der Waals surface area contributed by atoms with Crippen molar-refractivity contribution >= 4 is 29.3 Å². The van der Waals surface area contributed by atoms with E-state index in [2.05, 4.69) is 5.32 Å². The standard InChI is InChI=1S/C17H24N4O4S/c18-9-8-16(22)19-11-14-3-1-2-10-20(14)17(23)12-26-15-6-4-13(5-7-15)21(24)25/h4-7,14H,1-3,8-12,18H2,(H,19,22). The summed E-state index contributed by atoms with van der Waals surface area (Å²) in [6.07, 6.45) is 3.16. The van der Waals surface area contributed by atoms with Crippen LogP contribution in [0.2, 0.25) is 0 Å². The predicted molar refractivity (Wildman–Crippen MR) is 99.9 cm³/mol. The second-order valence-electron chi connectivity index (χ2n) is 6.12. The third-order valence-corrected chi connectivity index (χ3v) is 5.26. The van der Waals surface area contributed by atoms with Gasteiger partial charge < -0.3 is 16.0 Å². The molecule has 2 rings (SSSR count). The van der Waals surface area contributed by atoms with Crippen molar-refractivity contribution in [3.8, 4) is 0 Å². The zero-order valence-electron chi connectivity index (χ0n) is 14.6. The predicted octanol–water partition coefficient (Wildman–Crippen LogP) is 1.53. The first-order valence-corrected chi connectivity index (χ1v) is 9.63. The van der Waals surface area contributed by atoms with Crippen LogP contribution in [0.15, 0.2) is 29.2 Å². The zero-order valence-corrected chi connectivity index (χ0v) is 15.4. The normalized spacial score (nSPS) is 17.0. The topological polar surface area (TPSA) is 119 Å². The van der Waals surface area contributed by atoms with Gasteiger partial charge in [-0.2, -0.15) is 0 Å². The summed E-state index contributed by atoms with van der Waals surface area (Å²) in [6, 6.07) is 6.18. The molecule has 0 spiro atoms. The molecule has 9 heteroatoms. The van der Waals surface area contributed by atoms with Gasteiger partial charge in [-0.05, 0) is 31.4 Å². The maximum Gasteiger partial charge on any atom is 0.269 e. The third kappa shape index (κ3) is 5.99. The van der Waals surface area contributed by atoms with E-state index >= 15 is 0 Å². The van der Waals surface area contributed by atoms with Crippen LogP contribution in [-0.4, -0.2) is 53.1 Å². The molecule has 0 aromatic heterocycles. The van der Waals surface area contributed by atoms with Crippen LogP contribution >= 0.6 is 11.8 Å². The maximum atomic E-state index is 12.6. The van der Waals surface area contributed by atoms with Gasteiger partial charge in [-0.15, -0.1) is 11.8 Å². The van der Waals surface area contributed by atoms with Crippen molar-refractivity contribution in [1.82, 2.24) is 10.2 Å². The van der Waals surface area contributed by atoms with Gasteiger partial charge in [0.25, 0.3) is 5.69 Å². The minimum Gasteiger partial charge on any atom is -0.354 e. The van der Waals surface area contributed by atoms with E-state index in [1.807, 2.05) is 4.90 Å². The van der Waals surface area contributed by atoms with Crippen molar-refractivity contribution in [1.29, 1.82) is 0 Å². The highest BCUT2D eigenvalue weighted by Crippen LogP contribution is 2.23. The molecule has 1 aliphatic rings. The Morgan fingerprint density at radius 3 is 2.69 bits per heavy atom. The van der Waals surface area contributed by atoms with Gasteiger partial charge in [0.1, 0.15) is 0 Å². The van der Waals surface area contributed by atoms with Crippen LogP contribution < -0.4 is 11.1 Å². The summed E-state index contributed by atoms with van der Waals surface area (Å²) in [5.41, 5.74) is 5.40. The van der Waals surface area contributed by atoms with E-state index in [4.69, 9.17) is 5.73 Å². The second-order valence-corrected chi connectivity index (χ2v) is 7.17. The van der Waals surface area contributed by atoms with Gasteiger partial charge in [0.15, 0.2) is 0 Å². The summed E-state index contributed by atoms with van der Waals surface area (Å²) in [7, 11) is 0. The van der Waals surface area contributed by atoms with Gasteiger partial charge in [-0.3, -0.25) is 19.7 Å². The van der Waals surface area contributed by atoms with Gasteiger partial charge in [-0.1, -0.05) is 0 Å². The summed E-state index contributed by atoms with van der Waals surface area (Å²) in [6.45, 7) is 1.45. The number of hydrogen-bond acceptors (Lipinski definition) is 6. The van der Waals surface area contributed by atoms with Crippen LogP contribution in [-0.2, 0) is 9.59 Å². The van der Waals surface area contributed by atoms with E-state index in [1.165, 1.54) is 23.9 Å². The number of nitro groups is 1. The van der Waals surface area contributed by atoms with E-state index in [9.17, 15) is 19.7 Å². The molecule has 26 heavy (non-hydrogen) atoms. The number of thioether (sulfide) groups is 1. The molecule has 1 atom stereocenters. The van der Waals surface area contributed by atoms with E-state index < -0.39 is 4.92 Å². The number of nitrogens with two attached hydrogens (primary N) is 1. The van der Waals surface area contributed by atoms with E-state index in [-0.39, 0.29) is 35.7 Å². The molecule has 1 aromatic carbocycles. The molecule has 2 amide bonds. The molecule has 1 aliphatic heterocycles. The first kappa shape index (κ1) is 20.2. The van der Waals surface area contributed by atoms with Gasteiger partial charge in [0.05, 0.1) is 10.7 Å². The van der Waals surface area contributed by atoms with Gasteiger partial charge >= 0.3 is 0 Å². The number of carbonyl (C=O) groups excluding carboxylic acids is 2. The summed E-state index contributed by atoms with van der Waals surface area (Å²) < 4.78 is 0. The van der Waals surface area contributed by atoms with Crippen LogP contribution in [0.4, 0.5) is 5.69 Å². The Balaban J connectivity index is 1.86. The van der Waals surface area contributed by atoms with Crippen molar-refractivity contribution in [2.45, 2.75) is 36.6 Å². The number of rotatable bonds is 8. The summed E-state index contributed by atoms with van der Waals surface area (Å²) >= 11 is 1.36. The Morgan fingerprint density at radius 1 is 1.31 bits per heavy atom. The van der Waals surface area contributed by atoms with Crippen LogP contribution in [0.5, 0.6) is 0 Å². The van der Waals surface area contributed by atoms with E-state index in [1.54, 1.807) is 12.1 Å². The van der Waals surface area contributed by atoms with Gasteiger partial charge in [-0.25, -0.2) is 0 Å². The second kappa shape index (κ2) is 10.1. The molecule has 1 saturated heterocycles. The number of nitro benzene ring substituents is 1. The number of carbonyl (C=O) groups is 2. The molecule has 1 heterocycles. The monoisotopic (exact) mass is 380 g/mol. The molecule has 0 aliphatic carbocycles. The zero-order chi connectivity index (χ0) is 18.9. The molecule has 1 unspecified atom stereocenters. The molecule has 0 saturated carbocycles. The number of hydrogen-bond donors (Lipinski definition) is 2. The van der Waals surface area contributed by atoms with Crippen molar-refractivity contribution in [2.75, 3.05) is 25.4 Å². The lowest BCUT2D eigenvalue weighted by molar-refractivity contribution is -0.384. The Kier molecular flexibility index (Phi) is 7.86. The van der Waals surface area contributed by atoms with Crippen LogP contribution in [0.3, 0.4) is 0 Å². The molecule has 1 aromatic rings. The summed E-state index contributed by atoms with van der Waals surface area (Å²) in [4.78, 5) is 37.1. The molecule has 0 bridgehead atoms. The fraction of sp³-hybridized carbons (Fsp3) is 0.529. The number of benzene rings is 1. The Labute approximate surface area is 156 Å². The first-order valence-electron chi connectivity index (χ1n) is 8.64. The van der Waals surface area contributed by atoms with Crippen molar-refractivity contribution < 1.29 is 14.5 Å². The Bertz CT molecular complexity index is 638. The fourth-order valence-electron chi connectivity index (χ4n) is 2.88. The average molecular weight is 380 g/mol. The molecule has 8 nitrogen and oxygen atoms in total. The molecular formula is C17H24N4O4S. The number of non-ortho nitro benzene ring substituents is 1. The molecular weight excluding hydrogens is 356 g/mol. The smallest absolute Gasteiger partial charge is 0.269 e. The molecule has 142 valence electrons. The minimum absolute atomic E-state index is 0.00966. The lowest BCUT2D eigenvalue weighted by Gasteiger charge is -2.36. The summed E-state index contributed by atoms with van der Waals surface area (Å²) in [5.74, 6) is 0.197. The maximum absolute atomic E-state index is 12.6. The number of likely N-dealkylation sites (tertiary alicyclic amines) is 1. The Morgan fingerprint density at radius 2 is 2.04 bits per heavy atom. The van der Waals surface area contributed by atoms with Crippen molar-refractivity contribution in [2.24, 2.45) is 5.73 Å². The number of amides is 2. The molecule has 1 fully saturated rings. The van der Waals surface area contributed by atoms with Crippen LogP contribution in [0.1, 0.15) is 25.7 Å². The molecule has 0 radical (unpaired) electrons. The average Bonchev–Trinajstić information content (AvgIpc) is 2.65. The number of piperidine rings is 1. The van der Waals surface area contributed by atoms with Gasteiger partial charge in [0.2, 0.25) is 11.8 Å². The highest BCUT2D eigenvalue weighted by atomic mass is 32.2. The Hall–Kier alpha value is -2.13. The lowest BCUT2D eigenvalue weighted by atomic mass is 10.0. The molecule has 3 N–H and O–H groups in total. The van der Waals surface area contributed by atoms with Crippen LogP contribution in [0, 0.1) is 10.1 Å². The SMILES string of the molecule is NCCC(=O)NCC1CCCCN1C(=O)CSc1ccc([N+](=O)[O-])cc1. The lowest BCUT2D eigenvalue weighted by Crippen LogP contribution is -2.50. The third-order valence-electron chi connectivity index (χ3n) is 4.26.